The standard InChI is InChI=1S/C18H13ClF2N4O2/c1-27-15-6-5-10(7-11(15)19)24-18(26)14-8-23-16(9-22-14)25-17-12(20)3-2-4-13(17)21/h2-9H,1H3,(H,23,25)(H,24,26). The third-order valence-corrected chi connectivity index (χ3v) is 3.81. The van der Waals surface area contributed by atoms with Gasteiger partial charge in [0.1, 0.15) is 34.6 Å². The maximum Gasteiger partial charge on any atom is 0.275 e. The van der Waals surface area contributed by atoms with Crippen LogP contribution in [0.25, 0.3) is 0 Å². The van der Waals surface area contributed by atoms with Gasteiger partial charge in [0, 0.05) is 5.69 Å². The van der Waals surface area contributed by atoms with Crippen LogP contribution in [0.4, 0.5) is 26.0 Å². The second kappa shape index (κ2) is 7.96. The fraction of sp³-hybridized carbons (Fsp3) is 0.0556. The number of para-hydroxylation sites is 1. The average Bonchev–Trinajstić information content (AvgIpc) is 2.65. The largest absolute Gasteiger partial charge is 0.495 e. The van der Waals surface area contributed by atoms with Gasteiger partial charge in [0.2, 0.25) is 0 Å². The van der Waals surface area contributed by atoms with E-state index >= 15 is 0 Å². The number of ether oxygens (including phenoxy) is 1. The van der Waals surface area contributed by atoms with Crippen LogP contribution in [0.1, 0.15) is 10.5 Å². The number of anilines is 3. The van der Waals surface area contributed by atoms with E-state index in [1.807, 2.05) is 0 Å². The number of carbonyl (C=O) groups is 1. The molecule has 2 aromatic carbocycles. The molecule has 138 valence electrons. The van der Waals surface area contributed by atoms with Crippen molar-refractivity contribution in [1.82, 2.24) is 9.97 Å². The highest BCUT2D eigenvalue weighted by Gasteiger charge is 2.12. The summed E-state index contributed by atoms with van der Waals surface area (Å²) in [5, 5.41) is 5.45. The summed E-state index contributed by atoms with van der Waals surface area (Å²) in [4.78, 5) is 20.1. The SMILES string of the molecule is COc1ccc(NC(=O)c2cnc(Nc3c(F)cccc3F)cn2)cc1Cl. The summed E-state index contributed by atoms with van der Waals surface area (Å²) in [6, 6.07) is 8.23. The van der Waals surface area contributed by atoms with Gasteiger partial charge in [-0.25, -0.2) is 18.7 Å². The summed E-state index contributed by atoms with van der Waals surface area (Å²) in [5.74, 6) is -1.49. The lowest BCUT2D eigenvalue weighted by atomic mass is 10.3. The molecule has 0 radical (unpaired) electrons. The molecule has 0 atom stereocenters. The highest BCUT2D eigenvalue weighted by atomic mass is 35.5. The Hall–Kier alpha value is -3.26. The molecular formula is C18H13ClF2N4O2. The number of amides is 1. The fourth-order valence-corrected chi connectivity index (χ4v) is 2.45. The van der Waals surface area contributed by atoms with E-state index in [1.165, 1.54) is 31.6 Å². The molecule has 1 heterocycles. The molecule has 0 fully saturated rings. The Morgan fingerprint density at radius 3 is 2.44 bits per heavy atom. The van der Waals surface area contributed by atoms with Crippen LogP contribution in [-0.4, -0.2) is 23.0 Å². The van der Waals surface area contributed by atoms with Gasteiger partial charge in [0.25, 0.3) is 5.91 Å². The van der Waals surface area contributed by atoms with Crippen LogP contribution in [0.3, 0.4) is 0 Å². The highest BCUT2D eigenvalue weighted by Crippen LogP contribution is 2.27. The smallest absolute Gasteiger partial charge is 0.275 e. The molecule has 3 rings (SSSR count). The molecule has 0 unspecified atom stereocenters. The van der Waals surface area contributed by atoms with Crippen molar-refractivity contribution in [2.75, 3.05) is 17.7 Å². The minimum atomic E-state index is -0.769. The normalized spacial score (nSPS) is 10.4. The van der Waals surface area contributed by atoms with E-state index in [1.54, 1.807) is 12.1 Å². The molecule has 2 N–H and O–H groups in total. The topological polar surface area (TPSA) is 76.1 Å². The summed E-state index contributed by atoms with van der Waals surface area (Å²) in [6.45, 7) is 0. The highest BCUT2D eigenvalue weighted by molar-refractivity contribution is 6.32. The van der Waals surface area contributed by atoms with Crippen molar-refractivity contribution in [1.29, 1.82) is 0 Å². The van der Waals surface area contributed by atoms with E-state index in [0.717, 1.165) is 12.1 Å². The van der Waals surface area contributed by atoms with Gasteiger partial charge < -0.3 is 15.4 Å². The van der Waals surface area contributed by atoms with Crippen molar-refractivity contribution >= 4 is 34.7 Å². The Kier molecular flexibility index (Phi) is 5.46. The summed E-state index contributed by atoms with van der Waals surface area (Å²) < 4.78 is 32.3. The lowest BCUT2D eigenvalue weighted by Gasteiger charge is -2.09. The van der Waals surface area contributed by atoms with Gasteiger partial charge in [0.15, 0.2) is 0 Å². The zero-order valence-electron chi connectivity index (χ0n) is 14.0. The summed E-state index contributed by atoms with van der Waals surface area (Å²) in [6.07, 6.45) is 2.38. The number of hydrogen-bond acceptors (Lipinski definition) is 5. The molecule has 0 saturated heterocycles. The van der Waals surface area contributed by atoms with Crippen molar-refractivity contribution < 1.29 is 18.3 Å². The van der Waals surface area contributed by atoms with E-state index in [-0.39, 0.29) is 17.2 Å². The number of nitrogens with zero attached hydrogens (tertiary/aromatic N) is 2. The number of aromatic nitrogens is 2. The molecule has 0 aliphatic heterocycles. The monoisotopic (exact) mass is 390 g/mol. The minimum Gasteiger partial charge on any atom is -0.495 e. The molecule has 3 aromatic rings. The lowest BCUT2D eigenvalue weighted by Crippen LogP contribution is -2.14. The molecule has 0 aliphatic rings. The molecular weight excluding hydrogens is 378 g/mol. The van der Waals surface area contributed by atoms with Crippen LogP contribution in [0.2, 0.25) is 5.02 Å². The molecule has 27 heavy (non-hydrogen) atoms. The van der Waals surface area contributed by atoms with Crippen LogP contribution in [-0.2, 0) is 0 Å². The first-order chi connectivity index (χ1) is 13.0. The second-order valence-corrected chi connectivity index (χ2v) is 5.72. The molecule has 6 nitrogen and oxygen atoms in total. The van der Waals surface area contributed by atoms with Gasteiger partial charge in [-0.2, -0.15) is 0 Å². The Balaban J connectivity index is 1.71. The Morgan fingerprint density at radius 1 is 1.11 bits per heavy atom. The maximum atomic E-state index is 13.6. The van der Waals surface area contributed by atoms with Crippen LogP contribution >= 0.6 is 11.6 Å². The third kappa shape index (κ3) is 4.29. The molecule has 9 heteroatoms. The van der Waals surface area contributed by atoms with E-state index < -0.39 is 17.5 Å². The Labute approximate surface area is 158 Å². The van der Waals surface area contributed by atoms with Crippen LogP contribution in [0.15, 0.2) is 48.8 Å². The van der Waals surface area contributed by atoms with E-state index in [2.05, 4.69) is 20.6 Å². The number of halogens is 3. The lowest BCUT2D eigenvalue weighted by molar-refractivity contribution is 0.102. The summed E-state index contributed by atoms with van der Waals surface area (Å²) in [7, 11) is 1.48. The first-order valence-electron chi connectivity index (χ1n) is 7.66. The van der Waals surface area contributed by atoms with Gasteiger partial charge in [-0.15, -0.1) is 0 Å². The second-order valence-electron chi connectivity index (χ2n) is 5.31. The van der Waals surface area contributed by atoms with Crippen LogP contribution in [0, 0.1) is 11.6 Å². The number of nitrogens with one attached hydrogen (secondary N) is 2. The van der Waals surface area contributed by atoms with Gasteiger partial charge >= 0.3 is 0 Å². The number of methoxy groups -OCH3 is 1. The molecule has 1 amide bonds. The fourth-order valence-electron chi connectivity index (χ4n) is 2.19. The van der Waals surface area contributed by atoms with Gasteiger partial charge in [-0.05, 0) is 30.3 Å². The van der Waals surface area contributed by atoms with Gasteiger partial charge in [-0.1, -0.05) is 17.7 Å². The summed E-state index contributed by atoms with van der Waals surface area (Å²) >= 11 is 6.01. The van der Waals surface area contributed by atoms with Crippen LogP contribution < -0.4 is 15.4 Å². The Morgan fingerprint density at radius 2 is 1.85 bits per heavy atom. The predicted octanol–water partition coefficient (Wildman–Crippen LogP) is 4.41. The zero-order valence-corrected chi connectivity index (χ0v) is 14.7. The number of benzene rings is 2. The van der Waals surface area contributed by atoms with Crippen molar-refractivity contribution in [3.8, 4) is 5.75 Å². The quantitative estimate of drug-likeness (QED) is 0.674. The molecule has 0 bridgehead atoms. The Bertz CT molecular complexity index is 963. The predicted molar refractivity (Wildman–Crippen MR) is 97.6 cm³/mol. The molecule has 0 spiro atoms. The van der Waals surface area contributed by atoms with Crippen molar-refractivity contribution in [3.63, 3.8) is 0 Å². The maximum absolute atomic E-state index is 13.6. The third-order valence-electron chi connectivity index (χ3n) is 3.51. The van der Waals surface area contributed by atoms with Gasteiger partial charge in [0.05, 0.1) is 24.5 Å². The van der Waals surface area contributed by atoms with Crippen molar-refractivity contribution in [2.24, 2.45) is 0 Å². The number of hydrogen-bond donors (Lipinski definition) is 2. The number of rotatable bonds is 5. The van der Waals surface area contributed by atoms with Crippen molar-refractivity contribution in [2.45, 2.75) is 0 Å². The van der Waals surface area contributed by atoms with Gasteiger partial charge in [-0.3, -0.25) is 4.79 Å². The van der Waals surface area contributed by atoms with E-state index in [9.17, 15) is 13.6 Å². The number of carbonyl (C=O) groups excluding carboxylic acids is 1. The molecule has 1 aromatic heterocycles. The first-order valence-corrected chi connectivity index (χ1v) is 8.03. The zero-order chi connectivity index (χ0) is 19.4. The van der Waals surface area contributed by atoms with Crippen LogP contribution in [0.5, 0.6) is 5.75 Å². The van der Waals surface area contributed by atoms with Crippen molar-refractivity contribution in [3.05, 3.63) is 71.1 Å². The van der Waals surface area contributed by atoms with E-state index in [4.69, 9.17) is 16.3 Å². The first kappa shape index (κ1) is 18.5. The minimum absolute atomic E-state index is 0.0153. The molecule has 0 saturated carbocycles. The molecule has 0 aliphatic carbocycles. The average molecular weight is 391 g/mol. The summed E-state index contributed by atoms with van der Waals surface area (Å²) in [5.41, 5.74) is 0.113. The van der Waals surface area contributed by atoms with E-state index in [0.29, 0.717) is 16.5 Å².